The number of benzene rings is 1. The van der Waals surface area contributed by atoms with Crippen LogP contribution in [-0.4, -0.2) is 6.41 Å². The highest BCUT2D eigenvalue weighted by Crippen LogP contribution is 2.18. The molecule has 0 aliphatic heterocycles. The standard InChI is InChI=1S/C8H7ClFNO.C4H10N2S.C2H6/c9-7-2-1-3-8(10)6(7)4-11-5-12;1-3(5)4(2)7-6;1-2/h1-3,5H,4H2,(H,11,12);5-6H2,1-2H3;1-2H3/b;4-3-;. The number of halogens is 2. The van der Waals surface area contributed by atoms with Gasteiger partial charge in [-0.1, -0.05) is 43.5 Å². The Morgan fingerprint density at radius 1 is 1.43 bits per heavy atom. The van der Waals surface area contributed by atoms with Gasteiger partial charge in [0, 0.05) is 27.7 Å². The Balaban J connectivity index is 0. The average Bonchev–Trinajstić information content (AvgIpc) is 2.48. The van der Waals surface area contributed by atoms with Gasteiger partial charge >= 0.3 is 0 Å². The van der Waals surface area contributed by atoms with E-state index < -0.39 is 5.82 Å². The van der Waals surface area contributed by atoms with E-state index in [1.165, 1.54) is 24.1 Å². The summed E-state index contributed by atoms with van der Waals surface area (Å²) in [5.74, 6) is -0.406. The van der Waals surface area contributed by atoms with Gasteiger partial charge in [0.25, 0.3) is 0 Å². The predicted molar refractivity (Wildman–Crippen MR) is 90.0 cm³/mol. The van der Waals surface area contributed by atoms with Crippen LogP contribution >= 0.6 is 23.5 Å². The van der Waals surface area contributed by atoms with Crippen molar-refractivity contribution in [3.8, 4) is 0 Å². The molecular weight excluding hydrogens is 313 g/mol. The zero-order valence-electron chi connectivity index (χ0n) is 12.7. The summed E-state index contributed by atoms with van der Waals surface area (Å²) in [6.07, 6.45) is 0.503. The van der Waals surface area contributed by atoms with Crippen molar-refractivity contribution in [3.63, 3.8) is 0 Å². The monoisotopic (exact) mass is 335 g/mol. The molecule has 7 heteroatoms. The van der Waals surface area contributed by atoms with Crippen molar-refractivity contribution in [2.45, 2.75) is 34.2 Å². The third-order valence-electron chi connectivity index (χ3n) is 2.16. The zero-order chi connectivity index (χ0) is 16.8. The van der Waals surface area contributed by atoms with E-state index in [1.54, 1.807) is 6.07 Å². The van der Waals surface area contributed by atoms with Crippen LogP contribution in [0.2, 0.25) is 5.02 Å². The van der Waals surface area contributed by atoms with Gasteiger partial charge < -0.3 is 11.1 Å². The number of nitrogens with one attached hydrogen (secondary N) is 1. The molecule has 1 aromatic rings. The first-order chi connectivity index (χ1) is 9.93. The molecule has 0 saturated heterocycles. The number of rotatable bonds is 4. The number of hydrogen-bond donors (Lipinski definition) is 3. The van der Waals surface area contributed by atoms with Gasteiger partial charge in [0.1, 0.15) is 5.82 Å². The van der Waals surface area contributed by atoms with Gasteiger partial charge in [-0.2, -0.15) is 0 Å². The Morgan fingerprint density at radius 2 is 2.00 bits per heavy atom. The second-order valence-corrected chi connectivity index (χ2v) is 4.81. The lowest BCUT2D eigenvalue weighted by Gasteiger charge is -2.03. The quantitative estimate of drug-likeness (QED) is 0.580. The van der Waals surface area contributed by atoms with Crippen molar-refractivity contribution in [2.24, 2.45) is 10.9 Å². The van der Waals surface area contributed by atoms with E-state index in [-0.39, 0.29) is 6.54 Å². The normalized spacial score (nSPS) is 10.2. The average molecular weight is 336 g/mol. The van der Waals surface area contributed by atoms with Crippen molar-refractivity contribution >= 4 is 30.0 Å². The first-order valence-corrected chi connectivity index (χ1v) is 7.59. The van der Waals surface area contributed by atoms with Crippen LogP contribution in [0.4, 0.5) is 4.39 Å². The number of carbonyl (C=O) groups is 1. The third-order valence-corrected chi connectivity index (χ3v) is 3.19. The summed E-state index contributed by atoms with van der Waals surface area (Å²) in [4.78, 5) is 10.9. The lowest BCUT2D eigenvalue weighted by molar-refractivity contribution is -0.109. The van der Waals surface area contributed by atoms with Gasteiger partial charge in [0.2, 0.25) is 6.41 Å². The van der Waals surface area contributed by atoms with E-state index in [0.29, 0.717) is 17.0 Å². The molecule has 1 rings (SSSR count). The summed E-state index contributed by atoms with van der Waals surface area (Å²) < 4.78 is 12.9. The lowest BCUT2D eigenvalue weighted by Crippen LogP contribution is -2.11. The number of carbonyl (C=O) groups excluding carboxylic acids is 1. The molecule has 1 aromatic carbocycles. The molecule has 0 aliphatic carbocycles. The Kier molecular flexibility index (Phi) is 14.4. The smallest absolute Gasteiger partial charge is 0.207 e. The molecule has 0 saturated carbocycles. The van der Waals surface area contributed by atoms with Gasteiger partial charge in [-0.3, -0.25) is 9.93 Å². The van der Waals surface area contributed by atoms with Gasteiger partial charge in [0.15, 0.2) is 0 Å². The molecule has 1 amide bonds. The Morgan fingerprint density at radius 3 is 2.33 bits per heavy atom. The molecular formula is C14H23ClFN3OS. The minimum Gasteiger partial charge on any atom is -0.402 e. The van der Waals surface area contributed by atoms with Crippen molar-refractivity contribution in [2.75, 3.05) is 0 Å². The van der Waals surface area contributed by atoms with Gasteiger partial charge in [-0.15, -0.1) is 0 Å². The Labute approximate surface area is 135 Å². The van der Waals surface area contributed by atoms with E-state index in [0.717, 1.165) is 10.6 Å². The summed E-state index contributed by atoms with van der Waals surface area (Å²) in [6, 6.07) is 4.39. The number of nitrogens with two attached hydrogens (primary N) is 2. The lowest BCUT2D eigenvalue weighted by atomic mass is 10.2. The molecule has 21 heavy (non-hydrogen) atoms. The van der Waals surface area contributed by atoms with Crippen LogP contribution in [0.25, 0.3) is 0 Å². The second kappa shape index (κ2) is 13.7. The maximum absolute atomic E-state index is 12.9. The van der Waals surface area contributed by atoms with Crippen LogP contribution in [0.5, 0.6) is 0 Å². The SMILES string of the molecule is C/C(N)=C(\C)SN.CC.O=CNCc1c(F)cccc1Cl. The van der Waals surface area contributed by atoms with Crippen LogP contribution in [0, 0.1) is 5.82 Å². The van der Waals surface area contributed by atoms with Crippen LogP contribution in [-0.2, 0) is 11.3 Å². The predicted octanol–water partition coefficient (Wildman–Crippen LogP) is 3.55. The molecule has 5 N–H and O–H groups in total. The zero-order valence-corrected chi connectivity index (χ0v) is 14.3. The van der Waals surface area contributed by atoms with Crippen LogP contribution < -0.4 is 16.2 Å². The third kappa shape index (κ3) is 10.2. The highest BCUT2D eigenvalue weighted by molar-refractivity contribution is 8.00. The highest BCUT2D eigenvalue weighted by atomic mass is 35.5. The summed E-state index contributed by atoms with van der Waals surface area (Å²) >= 11 is 6.86. The summed E-state index contributed by atoms with van der Waals surface area (Å²) in [5, 5.41) is 7.82. The molecule has 0 radical (unpaired) electrons. The summed E-state index contributed by atoms with van der Waals surface area (Å²) in [5.41, 5.74) is 6.44. The van der Waals surface area contributed by atoms with Crippen LogP contribution in [0.15, 0.2) is 28.8 Å². The largest absolute Gasteiger partial charge is 0.402 e. The number of amides is 1. The molecule has 120 valence electrons. The fourth-order valence-corrected chi connectivity index (χ4v) is 1.35. The van der Waals surface area contributed by atoms with Crippen LogP contribution in [0.3, 0.4) is 0 Å². The van der Waals surface area contributed by atoms with E-state index in [1.807, 2.05) is 27.7 Å². The summed E-state index contributed by atoms with van der Waals surface area (Å²) in [7, 11) is 0. The molecule has 0 fully saturated rings. The maximum atomic E-state index is 12.9. The van der Waals surface area contributed by atoms with E-state index in [4.69, 9.17) is 22.5 Å². The molecule has 0 aromatic heterocycles. The van der Waals surface area contributed by atoms with E-state index >= 15 is 0 Å². The molecule has 0 atom stereocenters. The Bertz CT molecular complexity index is 432. The first-order valence-electron chi connectivity index (χ1n) is 6.33. The van der Waals surface area contributed by atoms with E-state index in [9.17, 15) is 9.18 Å². The minimum atomic E-state index is -0.406. The number of hydrogen-bond acceptors (Lipinski definition) is 4. The molecule has 0 bridgehead atoms. The highest BCUT2D eigenvalue weighted by Gasteiger charge is 2.04. The first kappa shape index (κ1) is 22.0. The van der Waals surface area contributed by atoms with Gasteiger partial charge in [-0.25, -0.2) is 4.39 Å². The molecule has 4 nitrogen and oxygen atoms in total. The van der Waals surface area contributed by atoms with Gasteiger partial charge in [-0.05, 0) is 26.0 Å². The molecule has 0 spiro atoms. The topological polar surface area (TPSA) is 81.1 Å². The molecule has 0 unspecified atom stereocenters. The Hall–Kier alpha value is -1.24. The van der Waals surface area contributed by atoms with Crippen molar-refractivity contribution < 1.29 is 9.18 Å². The van der Waals surface area contributed by atoms with Crippen molar-refractivity contribution in [1.29, 1.82) is 0 Å². The van der Waals surface area contributed by atoms with Crippen LogP contribution in [0.1, 0.15) is 33.3 Å². The fourth-order valence-electron chi connectivity index (χ4n) is 0.938. The van der Waals surface area contributed by atoms with Crippen molar-refractivity contribution in [1.82, 2.24) is 5.32 Å². The molecule has 0 heterocycles. The molecule has 0 aliphatic rings. The minimum absolute atomic E-state index is 0.120. The van der Waals surface area contributed by atoms with E-state index in [2.05, 4.69) is 5.32 Å². The van der Waals surface area contributed by atoms with Gasteiger partial charge in [0.05, 0.1) is 0 Å². The number of allylic oxidation sites excluding steroid dienone is 2. The summed E-state index contributed by atoms with van der Waals surface area (Å²) in [6.45, 7) is 7.84. The van der Waals surface area contributed by atoms with Crippen molar-refractivity contribution in [3.05, 3.63) is 45.2 Å². The maximum Gasteiger partial charge on any atom is 0.207 e. The fraction of sp³-hybridized carbons (Fsp3) is 0.357. The second-order valence-electron chi connectivity index (χ2n) is 3.56.